The number of hydrogen-bond acceptors (Lipinski definition) is 7. The first-order valence-electron chi connectivity index (χ1n) is 9.25. The Morgan fingerprint density at radius 1 is 1.10 bits per heavy atom. The quantitative estimate of drug-likeness (QED) is 0.448. The van der Waals surface area contributed by atoms with Crippen molar-refractivity contribution in [1.29, 1.82) is 0 Å². The van der Waals surface area contributed by atoms with Crippen molar-refractivity contribution in [2.75, 3.05) is 37.0 Å². The third-order valence-corrected chi connectivity index (χ3v) is 4.08. The lowest BCUT2D eigenvalue weighted by molar-refractivity contribution is -0.384. The number of likely N-dealkylation sites (N-methyl/N-ethyl adjacent to an activating group) is 1. The van der Waals surface area contributed by atoms with Gasteiger partial charge in [-0.2, -0.15) is 0 Å². The van der Waals surface area contributed by atoms with Gasteiger partial charge in [-0.25, -0.2) is 0 Å². The number of carbonyl (C=O) groups is 2. The number of nitro benzene ring substituents is 1. The van der Waals surface area contributed by atoms with Crippen molar-refractivity contribution in [2.45, 2.75) is 13.8 Å². The number of carbonyl (C=O) groups excluding carboxylic acids is 2. The monoisotopic (exact) mass is 416 g/mol. The zero-order chi connectivity index (χ0) is 22.3. The predicted octanol–water partition coefficient (Wildman–Crippen LogP) is 2.57. The van der Waals surface area contributed by atoms with Crippen molar-refractivity contribution in [3.8, 4) is 11.5 Å². The minimum atomic E-state index is -0.773. The molecule has 0 bridgehead atoms. The lowest BCUT2D eigenvalue weighted by atomic mass is 10.1. The number of rotatable bonds is 10. The molecule has 30 heavy (non-hydrogen) atoms. The molecule has 0 fully saturated rings. The normalized spacial score (nSPS) is 10.2. The first kappa shape index (κ1) is 22.5. The maximum Gasteiger partial charge on any atom is 0.293 e. The van der Waals surface area contributed by atoms with E-state index in [1.54, 1.807) is 18.2 Å². The molecule has 10 heteroatoms. The molecule has 0 saturated heterocycles. The molecule has 0 radical (unpaired) electrons. The van der Waals surface area contributed by atoms with Gasteiger partial charge < -0.3 is 25.4 Å². The first-order chi connectivity index (χ1) is 14.3. The average molecular weight is 416 g/mol. The van der Waals surface area contributed by atoms with Crippen LogP contribution in [0.2, 0.25) is 0 Å². The molecule has 0 atom stereocenters. The summed E-state index contributed by atoms with van der Waals surface area (Å²) in [7, 11) is 1.54. The molecule has 0 aliphatic rings. The molecule has 2 aromatic rings. The van der Waals surface area contributed by atoms with E-state index in [9.17, 15) is 19.7 Å². The van der Waals surface area contributed by atoms with E-state index in [2.05, 4.69) is 5.32 Å². The summed E-state index contributed by atoms with van der Waals surface area (Å²) < 4.78 is 11.0. The Balaban J connectivity index is 2.16. The maximum absolute atomic E-state index is 12.5. The molecule has 3 N–H and O–H groups in total. The van der Waals surface area contributed by atoms with Crippen LogP contribution in [-0.4, -0.2) is 43.5 Å². The highest BCUT2D eigenvalue weighted by Gasteiger charge is 2.21. The minimum absolute atomic E-state index is 0.0149. The van der Waals surface area contributed by atoms with E-state index >= 15 is 0 Å². The van der Waals surface area contributed by atoms with Gasteiger partial charge in [0.1, 0.15) is 5.69 Å². The average Bonchev–Trinajstić information content (AvgIpc) is 2.69. The van der Waals surface area contributed by atoms with Crippen molar-refractivity contribution in [3.05, 3.63) is 52.1 Å². The summed E-state index contributed by atoms with van der Waals surface area (Å²) in [4.78, 5) is 35.9. The fourth-order valence-corrected chi connectivity index (χ4v) is 2.78. The smallest absolute Gasteiger partial charge is 0.293 e. The van der Waals surface area contributed by atoms with Gasteiger partial charge in [-0.1, -0.05) is 0 Å². The number of hydrogen-bond donors (Lipinski definition) is 2. The first-order valence-corrected chi connectivity index (χ1v) is 9.25. The Kier molecular flexibility index (Phi) is 7.56. The van der Waals surface area contributed by atoms with E-state index in [4.69, 9.17) is 15.2 Å². The van der Waals surface area contributed by atoms with Crippen LogP contribution in [0, 0.1) is 10.1 Å². The summed E-state index contributed by atoms with van der Waals surface area (Å²) in [5.41, 5.74) is 5.56. The Labute approximate surface area is 173 Å². The molecular formula is C20H24N4O6. The van der Waals surface area contributed by atoms with Gasteiger partial charge in [0.05, 0.1) is 24.7 Å². The lowest BCUT2D eigenvalue weighted by Crippen LogP contribution is -2.30. The number of primary amides is 1. The number of ether oxygens (including phenoxy) is 2. The van der Waals surface area contributed by atoms with Crippen molar-refractivity contribution in [1.82, 2.24) is 0 Å². The fraction of sp³-hybridized carbons (Fsp3) is 0.300. The zero-order valence-corrected chi connectivity index (χ0v) is 17.0. The number of nitro groups is 1. The van der Waals surface area contributed by atoms with E-state index in [0.29, 0.717) is 30.4 Å². The fourth-order valence-electron chi connectivity index (χ4n) is 2.78. The van der Waals surface area contributed by atoms with Gasteiger partial charge in [-0.05, 0) is 38.1 Å². The summed E-state index contributed by atoms with van der Waals surface area (Å²) in [6.45, 7) is 4.45. The van der Waals surface area contributed by atoms with Crippen LogP contribution < -0.4 is 25.4 Å². The number of nitrogens with two attached hydrogens (primary N) is 1. The molecule has 160 valence electrons. The topological polar surface area (TPSA) is 137 Å². The third kappa shape index (κ3) is 5.60. The number of nitrogens with zero attached hydrogens (tertiary/aromatic N) is 2. The molecule has 2 rings (SSSR count). The molecule has 2 aromatic carbocycles. The summed E-state index contributed by atoms with van der Waals surface area (Å²) in [6, 6.07) is 8.87. The number of benzene rings is 2. The van der Waals surface area contributed by atoms with Gasteiger partial charge in [-0.3, -0.25) is 19.7 Å². The zero-order valence-electron chi connectivity index (χ0n) is 17.0. The lowest BCUT2D eigenvalue weighted by Gasteiger charge is -2.19. The van der Waals surface area contributed by atoms with Crippen LogP contribution in [-0.2, 0) is 4.79 Å². The van der Waals surface area contributed by atoms with Crippen LogP contribution in [0.4, 0.5) is 17.1 Å². The van der Waals surface area contributed by atoms with E-state index in [1.807, 2.05) is 13.8 Å². The number of nitrogens with one attached hydrogen (secondary N) is 1. The Bertz CT molecular complexity index is 947. The molecular weight excluding hydrogens is 392 g/mol. The van der Waals surface area contributed by atoms with Crippen molar-refractivity contribution >= 4 is 28.9 Å². The summed E-state index contributed by atoms with van der Waals surface area (Å²) in [5.74, 6) is -0.0918. The molecule has 2 amide bonds. The van der Waals surface area contributed by atoms with Gasteiger partial charge in [0.25, 0.3) is 5.69 Å². The van der Waals surface area contributed by atoms with E-state index in [-0.39, 0.29) is 23.5 Å². The third-order valence-electron chi connectivity index (χ3n) is 4.08. The second-order valence-electron chi connectivity index (χ2n) is 6.26. The largest absolute Gasteiger partial charge is 0.490 e. The molecule has 0 aromatic heterocycles. The molecule has 0 heterocycles. The predicted molar refractivity (Wildman–Crippen MR) is 112 cm³/mol. The molecule has 0 saturated carbocycles. The van der Waals surface area contributed by atoms with Gasteiger partial charge in [-0.15, -0.1) is 0 Å². The SMILES string of the molecule is CCOc1ccc(NC(=O)CN(C)c2ccc(C(N)=O)cc2[N+](=O)[O-])cc1OCC. The van der Waals surface area contributed by atoms with Crippen LogP contribution in [0.3, 0.4) is 0 Å². The van der Waals surface area contributed by atoms with Crippen LogP contribution in [0.5, 0.6) is 11.5 Å². The number of amides is 2. The standard InChI is InChI=1S/C20H24N4O6/c1-4-29-17-9-7-14(11-18(17)30-5-2)22-19(25)12-23(3)15-8-6-13(20(21)26)10-16(15)24(27)28/h6-11H,4-5,12H2,1-3H3,(H2,21,26)(H,22,25). The van der Waals surface area contributed by atoms with Gasteiger partial charge in [0.15, 0.2) is 11.5 Å². The van der Waals surface area contributed by atoms with Gasteiger partial charge >= 0.3 is 0 Å². The Morgan fingerprint density at radius 2 is 1.77 bits per heavy atom. The van der Waals surface area contributed by atoms with Gasteiger partial charge in [0, 0.05) is 30.4 Å². The van der Waals surface area contributed by atoms with E-state index < -0.39 is 16.7 Å². The van der Waals surface area contributed by atoms with E-state index in [0.717, 1.165) is 6.07 Å². The summed E-state index contributed by atoms with van der Waals surface area (Å²) >= 11 is 0. The highest BCUT2D eigenvalue weighted by molar-refractivity contribution is 5.96. The van der Waals surface area contributed by atoms with Gasteiger partial charge in [0.2, 0.25) is 11.8 Å². The molecule has 0 aliphatic carbocycles. The van der Waals surface area contributed by atoms with Crippen LogP contribution in [0.15, 0.2) is 36.4 Å². The second kappa shape index (κ2) is 10.1. The Hall–Kier alpha value is -3.82. The highest BCUT2D eigenvalue weighted by atomic mass is 16.6. The van der Waals surface area contributed by atoms with E-state index in [1.165, 1.54) is 24.1 Å². The second-order valence-corrected chi connectivity index (χ2v) is 6.26. The van der Waals surface area contributed by atoms with Crippen LogP contribution >= 0.6 is 0 Å². The molecule has 0 aliphatic heterocycles. The summed E-state index contributed by atoms with van der Waals surface area (Å²) in [6.07, 6.45) is 0. The van der Waals surface area contributed by atoms with Crippen LogP contribution in [0.25, 0.3) is 0 Å². The molecule has 0 unspecified atom stereocenters. The maximum atomic E-state index is 12.5. The van der Waals surface area contributed by atoms with Crippen molar-refractivity contribution < 1.29 is 24.0 Å². The van der Waals surface area contributed by atoms with Crippen molar-refractivity contribution in [2.24, 2.45) is 5.73 Å². The highest BCUT2D eigenvalue weighted by Crippen LogP contribution is 2.31. The minimum Gasteiger partial charge on any atom is -0.490 e. The molecule has 0 spiro atoms. The van der Waals surface area contributed by atoms with Crippen molar-refractivity contribution in [3.63, 3.8) is 0 Å². The molecule has 10 nitrogen and oxygen atoms in total. The number of anilines is 2. The van der Waals surface area contributed by atoms with Crippen LogP contribution in [0.1, 0.15) is 24.2 Å². The Morgan fingerprint density at radius 3 is 2.37 bits per heavy atom. The summed E-state index contributed by atoms with van der Waals surface area (Å²) in [5, 5.41) is 14.1.